The van der Waals surface area contributed by atoms with Crippen molar-refractivity contribution in [3.8, 4) is 0 Å². The van der Waals surface area contributed by atoms with Crippen LogP contribution in [0.1, 0.15) is 17.0 Å². The molecule has 116 valence electrons. The fourth-order valence-corrected chi connectivity index (χ4v) is 2.94. The first-order valence-corrected chi connectivity index (χ1v) is 7.45. The average Bonchev–Trinajstić information content (AvgIpc) is 2.99. The second kappa shape index (κ2) is 5.94. The molecular weight excluding hydrogens is 278 g/mol. The molecule has 0 bridgehead atoms. The van der Waals surface area contributed by atoms with Gasteiger partial charge in [-0.15, -0.1) is 0 Å². The average molecular weight is 299 g/mol. The van der Waals surface area contributed by atoms with Crippen LogP contribution in [0.5, 0.6) is 0 Å². The number of hydrogen-bond donors (Lipinski definition) is 2. The van der Waals surface area contributed by atoms with E-state index < -0.39 is 6.10 Å². The highest BCUT2D eigenvalue weighted by atomic mass is 16.3. The first-order chi connectivity index (χ1) is 10.6. The summed E-state index contributed by atoms with van der Waals surface area (Å²) in [5, 5.41) is 25.3. The molecule has 1 atom stereocenters. The lowest BCUT2D eigenvalue weighted by atomic mass is 10.2. The molecular formula is C17H21N3O2. The van der Waals surface area contributed by atoms with Gasteiger partial charge in [-0.25, -0.2) is 0 Å². The third-order valence-electron chi connectivity index (χ3n) is 3.94. The Morgan fingerprint density at radius 3 is 2.64 bits per heavy atom. The van der Waals surface area contributed by atoms with Crippen LogP contribution >= 0.6 is 0 Å². The number of benzene rings is 1. The van der Waals surface area contributed by atoms with Gasteiger partial charge in [0.05, 0.1) is 31.5 Å². The molecule has 2 heterocycles. The molecule has 0 aliphatic heterocycles. The molecule has 1 unspecified atom stereocenters. The van der Waals surface area contributed by atoms with E-state index in [4.69, 9.17) is 0 Å². The summed E-state index contributed by atoms with van der Waals surface area (Å²) in [5.74, 6) is 0. The Morgan fingerprint density at radius 1 is 1.18 bits per heavy atom. The van der Waals surface area contributed by atoms with Crippen molar-refractivity contribution in [1.29, 1.82) is 0 Å². The summed E-state index contributed by atoms with van der Waals surface area (Å²) in [7, 11) is 0. The van der Waals surface area contributed by atoms with E-state index >= 15 is 0 Å². The Hall–Kier alpha value is -2.11. The highest BCUT2D eigenvalue weighted by molar-refractivity contribution is 5.83. The normalized spacial score (nSPS) is 12.9. The quantitative estimate of drug-likeness (QED) is 0.757. The fraction of sp³-hybridized carbons (Fsp3) is 0.353. The van der Waals surface area contributed by atoms with Gasteiger partial charge in [0.1, 0.15) is 0 Å². The molecule has 5 nitrogen and oxygen atoms in total. The van der Waals surface area contributed by atoms with E-state index in [2.05, 4.69) is 5.10 Å². The van der Waals surface area contributed by atoms with Gasteiger partial charge in [0.25, 0.3) is 0 Å². The zero-order valence-corrected chi connectivity index (χ0v) is 12.9. The topological polar surface area (TPSA) is 63.2 Å². The predicted molar refractivity (Wildman–Crippen MR) is 85.6 cm³/mol. The predicted octanol–water partition coefficient (Wildman–Crippen LogP) is 2.01. The molecule has 1 aromatic carbocycles. The van der Waals surface area contributed by atoms with Crippen molar-refractivity contribution in [2.75, 3.05) is 0 Å². The first-order valence-electron chi connectivity index (χ1n) is 7.45. The van der Waals surface area contributed by atoms with Crippen molar-refractivity contribution in [3.63, 3.8) is 0 Å². The molecule has 3 rings (SSSR count). The molecule has 0 aliphatic rings. The molecule has 2 aromatic heterocycles. The second-order valence-corrected chi connectivity index (χ2v) is 5.74. The van der Waals surface area contributed by atoms with E-state index in [-0.39, 0.29) is 6.61 Å². The van der Waals surface area contributed by atoms with Crippen LogP contribution in [0.25, 0.3) is 10.9 Å². The van der Waals surface area contributed by atoms with Gasteiger partial charge in [-0.2, -0.15) is 5.10 Å². The third kappa shape index (κ3) is 2.77. The molecule has 0 radical (unpaired) electrons. The molecule has 2 N–H and O–H groups in total. The lowest BCUT2D eigenvalue weighted by Crippen LogP contribution is -2.23. The van der Waals surface area contributed by atoms with Crippen LogP contribution in [0.4, 0.5) is 0 Å². The molecule has 0 saturated heterocycles. The van der Waals surface area contributed by atoms with Crippen LogP contribution in [0, 0.1) is 13.8 Å². The van der Waals surface area contributed by atoms with E-state index in [9.17, 15) is 10.2 Å². The number of aromatic nitrogens is 3. The molecule has 5 heteroatoms. The van der Waals surface area contributed by atoms with Crippen LogP contribution in [0.15, 0.2) is 36.5 Å². The van der Waals surface area contributed by atoms with E-state index in [1.165, 1.54) is 0 Å². The van der Waals surface area contributed by atoms with E-state index in [1.807, 2.05) is 59.6 Å². The highest BCUT2D eigenvalue weighted by Gasteiger charge is 2.13. The van der Waals surface area contributed by atoms with Crippen LogP contribution < -0.4 is 0 Å². The number of para-hydroxylation sites is 1. The minimum atomic E-state index is -0.541. The molecule has 0 aliphatic carbocycles. The SMILES string of the molecule is Cc1cc(C)n(CC(O)Cn2cc(CO)c3ccccc32)n1. The number of aliphatic hydroxyl groups excluding tert-OH is 2. The number of aryl methyl sites for hydroxylation is 2. The van der Waals surface area contributed by atoms with Crippen molar-refractivity contribution in [3.05, 3.63) is 53.5 Å². The molecule has 3 aromatic rings. The van der Waals surface area contributed by atoms with Gasteiger partial charge in [0.2, 0.25) is 0 Å². The monoisotopic (exact) mass is 299 g/mol. The van der Waals surface area contributed by atoms with Gasteiger partial charge in [-0.3, -0.25) is 4.68 Å². The Labute approximate surface area is 129 Å². The van der Waals surface area contributed by atoms with Gasteiger partial charge in [-0.1, -0.05) is 18.2 Å². The number of fused-ring (bicyclic) bond motifs is 1. The molecule has 0 fully saturated rings. The third-order valence-corrected chi connectivity index (χ3v) is 3.94. The van der Waals surface area contributed by atoms with Crippen LogP contribution in [-0.4, -0.2) is 30.7 Å². The summed E-state index contributed by atoms with van der Waals surface area (Å²) >= 11 is 0. The van der Waals surface area contributed by atoms with E-state index in [0.29, 0.717) is 13.1 Å². The van der Waals surface area contributed by atoms with Crippen LogP contribution in [0.2, 0.25) is 0 Å². The number of hydrogen-bond acceptors (Lipinski definition) is 3. The zero-order chi connectivity index (χ0) is 15.7. The number of rotatable bonds is 5. The Balaban J connectivity index is 1.82. The van der Waals surface area contributed by atoms with Gasteiger partial charge in [0.15, 0.2) is 0 Å². The Bertz CT molecular complexity index is 788. The number of nitrogens with zero attached hydrogens (tertiary/aromatic N) is 3. The van der Waals surface area contributed by atoms with Crippen molar-refractivity contribution in [1.82, 2.24) is 14.3 Å². The minimum absolute atomic E-state index is 0.00106. The maximum Gasteiger partial charge on any atom is 0.0914 e. The molecule has 0 saturated carbocycles. The zero-order valence-electron chi connectivity index (χ0n) is 12.9. The standard InChI is InChI=1S/C17H21N3O2/c1-12-7-13(2)20(18-12)10-15(22)9-19-8-14(11-21)16-5-3-4-6-17(16)19/h3-8,15,21-22H,9-11H2,1-2H3. The van der Waals surface area contributed by atoms with E-state index in [1.54, 1.807) is 0 Å². The van der Waals surface area contributed by atoms with E-state index in [0.717, 1.165) is 27.9 Å². The maximum absolute atomic E-state index is 10.4. The molecule has 0 spiro atoms. The fourth-order valence-electron chi connectivity index (χ4n) is 2.94. The van der Waals surface area contributed by atoms with Gasteiger partial charge < -0.3 is 14.8 Å². The lowest BCUT2D eigenvalue weighted by Gasteiger charge is -2.14. The highest BCUT2D eigenvalue weighted by Crippen LogP contribution is 2.21. The largest absolute Gasteiger partial charge is 0.392 e. The summed E-state index contributed by atoms with van der Waals surface area (Å²) < 4.78 is 3.83. The smallest absolute Gasteiger partial charge is 0.0914 e. The van der Waals surface area contributed by atoms with Gasteiger partial charge >= 0.3 is 0 Å². The van der Waals surface area contributed by atoms with Crippen molar-refractivity contribution < 1.29 is 10.2 Å². The molecule has 22 heavy (non-hydrogen) atoms. The van der Waals surface area contributed by atoms with Crippen molar-refractivity contribution >= 4 is 10.9 Å². The summed E-state index contributed by atoms with van der Waals surface area (Å²) in [6.45, 7) is 4.87. The lowest BCUT2D eigenvalue weighted by molar-refractivity contribution is 0.130. The van der Waals surface area contributed by atoms with Crippen LogP contribution in [-0.2, 0) is 19.7 Å². The Kier molecular flexibility index (Phi) is 4.00. The summed E-state index contributed by atoms with van der Waals surface area (Å²) in [5.41, 5.74) is 3.91. The van der Waals surface area contributed by atoms with Crippen molar-refractivity contribution in [2.45, 2.75) is 39.6 Å². The summed E-state index contributed by atoms with van der Waals surface area (Å²) in [4.78, 5) is 0. The van der Waals surface area contributed by atoms with Gasteiger partial charge in [0, 0.05) is 28.4 Å². The summed E-state index contributed by atoms with van der Waals surface area (Å²) in [6, 6.07) is 9.92. The van der Waals surface area contributed by atoms with Crippen molar-refractivity contribution in [2.24, 2.45) is 0 Å². The minimum Gasteiger partial charge on any atom is -0.392 e. The summed E-state index contributed by atoms with van der Waals surface area (Å²) in [6.07, 6.45) is 1.37. The van der Waals surface area contributed by atoms with Crippen LogP contribution in [0.3, 0.4) is 0 Å². The first kappa shape index (κ1) is 14.8. The number of aliphatic hydroxyl groups is 2. The van der Waals surface area contributed by atoms with Gasteiger partial charge in [-0.05, 0) is 26.0 Å². The Morgan fingerprint density at radius 2 is 1.95 bits per heavy atom. The second-order valence-electron chi connectivity index (χ2n) is 5.74. The molecule has 0 amide bonds. The maximum atomic E-state index is 10.4.